The summed E-state index contributed by atoms with van der Waals surface area (Å²) in [6, 6.07) is 15.3. The lowest BCUT2D eigenvalue weighted by atomic mass is 9.97. The van der Waals surface area contributed by atoms with Crippen molar-refractivity contribution in [1.29, 1.82) is 5.26 Å². The average molecular weight is 635 g/mol. The first-order valence-electron chi connectivity index (χ1n) is 13.1. The molecule has 0 bridgehead atoms. The fourth-order valence-corrected chi connectivity index (χ4v) is 4.50. The van der Waals surface area contributed by atoms with Crippen LogP contribution in [0.3, 0.4) is 0 Å². The molecule has 0 atom stereocenters. The van der Waals surface area contributed by atoms with E-state index in [9.17, 15) is 40.3 Å². The van der Waals surface area contributed by atoms with Crippen LogP contribution in [0.4, 0.5) is 30.7 Å². The molecule has 5 aromatic carbocycles. The Bertz CT molecular complexity index is 2010. The van der Waals surface area contributed by atoms with Crippen LogP contribution in [0.5, 0.6) is 11.5 Å². The Morgan fingerprint density at radius 1 is 0.543 bits per heavy atom. The predicted molar refractivity (Wildman–Crippen MR) is 149 cm³/mol. The zero-order chi connectivity index (χ0) is 33.1. The van der Waals surface area contributed by atoms with Gasteiger partial charge in [0.05, 0.1) is 5.56 Å². The van der Waals surface area contributed by atoms with E-state index >= 15 is 0 Å². The summed E-state index contributed by atoms with van der Waals surface area (Å²) in [6.45, 7) is 0. The first kappa shape index (κ1) is 31.5. The lowest BCUT2D eigenvalue weighted by molar-refractivity contribution is -0.144. The molecule has 0 saturated carbocycles. The molecule has 0 aliphatic carbocycles. The van der Waals surface area contributed by atoms with Gasteiger partial charge >= 0.3 is 11.9 Å². The van der Waals surface area contributed by atoms with Crippen molar-refractivity contribution in [3.8, 4) is 50.9 Å². The third kappa shape index (κ3) is 6.73. The third-order valence-corrected chi connectivity index (χ3v) is 6.58. The summed E-state index contributed by atoms with van der Waals surface area (Å²) in [7, 11) is 0. The van der Waals surface area contributed by atoms with E-state index < -0.39 is 75.8 Å². The van der Waals surface area contributed by atoms with Crippen LogP contribution >= 0.6 is 0 Å². The Balaban J connectivity index is 1.25. The number of hydrogen-bond donors (Lipinski definition) is 0. The molecule has 0 N–H and O–H groups in total. The molecule has 230 valence electrons. The maximum Gasteiger partial charge on any atom is 0.322 e. The Hall–Kier alpha value is -5.96. The van der Waals surface area contributed by atoms with Crippen LogP contribution in [0.15, 0.2) is 84.9 Å². The lowest BCUT2D eigenvalue weighted by Gasteiger charge is -2.11. The Morgan fingerprint density at radius 3 is 1.46 bits per heavy atom. The van der Waals surface area contributed by atoms with Crippen molar-refractivity contribution in [1.82, 2.24) is 0 Å². The number of carbonyl (C=O) groups is 2. The van der Waals surface area contributed by atoms with Crippen molar-refractivity contribution in [3.63, 3.8) is 0 Å². The van der Waals surface area contributed by atoms with Gasteiger partial charge < -0.3 is 9.47 Å². The van der Waals surface area contributed by atoms with E-state index in [-0.39, 0.29) is 28.2 Å². The fraction of sp³-hybridized carbons (Fsp3) is 0.0294. The molecule has 0 aliphatic heterocycles. The monoisotopic (exact) mass is 635 g/mol. The first-order valence-corrected chi connectivity index (χ1v) is 13.1. The summed E-state index contributed by atoms with van der Waals surface area (Å²) >= 11 is 0. The van der Waals surface area contributed by atoms with E-state index in [2.05, 4.69) is 0 Å². The van der Waals surface area contributed by atoms with Gasteiger partial charge in [0.25, 0.3) is 0 Å². The van der Waals surface area contributed by atoms with Gasteiger partial charge in [0.15, 0.2) is 0 Å². The second-order valence-electron chi connectivity index (χ2n) is 9.66. The van der Waals surface area contributed by atoms with Gasteiger partial charge in [-0.2, -0.15) is 5.26 Å². The van der Waals surface area contributed by atoms with E-state index in [1.807, 2.05) is 0 Å². The van der Waals surface area contributed by atoms with E-state index in [0.29, 0.717) is 17.7 Å². The topological polar surface area (TPSA) is 76.4 Å². The molecule has 5 nitrogen and oxygen atoms in total. The van der Waals surface area contributed by atoms with Crippen molar-refractivity contribution in [2.24, 2.45) is 0 Å². The average Bonchev–Trinajstić information content (AvgIpc) is 2.97. The fourth-order valence-electron chi connectivity index (χ4n) is 4.50. The molecule has 46 heavy (non-hydrogen) atoms. The number of halogens is 7. The van der Waals surface area contributed by atoms with Gasteiger partial charge in [-0.05, 0) is 77.4 Å². The van der Waals surface area contributed by atoms with Crippen LogP contribution in [0.25, 0.3) is 33.4 Å². The normalized spacial score (nSPS) is 10.7. The van der Waals surface area contributed by atoms with Crippen molar-refractivity contribution in [3.05, 3.63) is 131 Å². The summed E-state index contributed by atoms with van der Waals surface area (Å²) in [5, 5.41) is 8.79. The maximum atomic E-state index is 14.9. The Kier molecular flexibility index (Phi) is 8.86. The predicted octanol–water partition coefficient (Wildman–Crippen LogP) is 8.43. The number of rotatable bonds is 7. The minimum absolute atomic E-state index is 0.114. The highest BCUT2D eigenvalue weighted by molar-refractivity contribution is 5.93. The maximum absolute atomic E-state index is 14.9. The summed E-state index contributed by atoms with van der Waals surface area (Å²) in [5.41, 5.74) is -2.40. The number of esters is 2. The molecule has 0 radical (unpaired) electrons. The van der Waals surface area contributed by atoms with Gasteiger partial charge in [0, 0.05) is 23.3 Å². The molecule has 0 heterocycles. The number of nitrogens with zero attached hydrogens (tertiary/aromatic N) is 1. The van der Waals surface area contributed by atoms with E-state index in [4.69, 9.17) is 14.7 Å². The molecule has 0 aliphatic rings. The minimum atomic E-state index is -1.32. The Morgan fingerprint density at radius 2 is 1.00 bits per heavy atom. The SMILES string of the molecule is N#Cc1c(F)cc(-c2c(F)cc(-c3ccc(OC(=O)CC(=O)Oc4ccc(-c5ccc(F)cc5)c(F)c4)cc3F)cc2F)cc1F. The summed E-state index contributed by atoms with van der Waals surface area (Å²) < 4.78 is 110. The van der Waals surface area contributed by atoms with Crippen molar-refractivity contribution < 1.29 is 49.8 Å². The van der Waals surface area contributed by atoms with Gasteiger partial charge in [-0.25, -0.2) is 30.7 Å². The van der Waals surface area contributed by atoms with E-state index in [1.165, 1.54) is 30.3 Å². The first-order chi connectivity index (χ1) is 21.9. The van der Waals surface area contributed by atoms with Gasteiger partial charge in [0.2, 0.25) is 0 Å². The van der Waals surface area contributed by atoms with Crippen molar-refractivity contribution >= 4 is 11.9 Å². The zero-order valence-corrected chi connectivity index (χ0v) is 23.0. The highest BCUT2D eigenvalue weighted by atomic mass is 19.2. The van der Waals surface area contributed by atoms with Gasteiger partial charge in [-0.3, -0.25) is 9.59 Å². The standard InChI is InChI=1S/C34H16F7NO4/c35-20-3-1-17(2-4-20)23-7-5-21(13-28(23)38)45-32(43)15-33(44)46-22-6-8-24(29(39)14-22)18-9-30(40)34(31(41)10-18)19-11-26(36)25(16-42)27(37)12-19/h1-14H,15H2. The summed E-state index contributed by atoms with van der Waals surface area (Å²) in [4.78, 5) is 24.4. The number of hydrogen-bond acceptors (Lipinski definition) is 5. The van der Waals surface area contributed by atoms with Gasteiger partial charge in [-0.15, -0.1) is 0 Å². The molecule has 0 fully saturated rings. The molecule has 0 unspecified atom stereocenters. The highest BCUT2D eigenvalue weighted by Crippen LogP contribution is 2.34. The molecule has 0 spiro atoms. The van der Waals surface area contributed by atoms with Crippen molar-refractivity contribution in [2.75, 3.05) is 0 Å². The smallest absolute Gasteiger partial charge is 0.322 e. The second-order valence-corrected chi connectivity index (χ2v) is 9.66. The van der Waals surface area contributed by atoms with E-state index in [0.717, 1.165) is 48.5 Å². The molecule has 12 heteroatoms. The third-order valence-electron chi connectivity index (χ3n) is 6.58. The lowest BCUT2D eigenvalue weighted by Crippen LogP contribution is -2.18. The second kappa shape index (κ2) is 13.0. The van der Waals surface area contributed by atoms with Crippen LogP contribution in [0.2, 0.25) is 0 Å². The Labute approximate surface area is 255 Å². The number of ether oxygens (including phenoxy) is 2. The van der Waals surface area contributed by atoms with Crippen LogP contribution in [-0.4, -0.2) is 11.9 Å². The molecule has 5 rings (SSSR count). The number of benzene rings is 5. The molecular weight excluding hydrogens is 619 g/mol. The molecule has 0 amide bonds. The quantitative estimate of drug-likeness (QED) is 0.0777. The zero-order valence-electron chi connectivity index (χ0n) is 23.0. The molecule has 0 aromatic heterocycles. The van der Waals surface area contributed by atoms with Crippen LogP contribution in [0, 0.1) is 52.1 Å². The molecular formula is C34H16F7NO4. The minimum Gasteiger partial charge on any atom is -0.426 e. The van der Waals surface area contributed by atoms with Crippen molar-refractivity contribution in [2.45, 2.75) is 6.42 Å². The van der Waals surface area contributed by atoms with Crippen LogP contribution in [0.1, 0.15) is 12.0 Å². The number of carbonyl (C=O) groups excluding carboxylic acids is 2. The van der Waals surface area contributed by atoms with Gasteiger partial charge in [-0.1, -0.05) is 12.1 Å². The van der Waals surface area contributed by atoms with Crippen LogP contribution in [-0.2, 0) is 9.59 Å². The highest BCUT2D eigenvalue weighted by Gasteiger charge is 2.21. The number of nitriles is 1. The molecule has 5 aromatic rings. The van der Waals surface area contributed by atoms with Crippen LogP contribution < -0.4 is 9.47 Å². The van der Waals surface area contributed by atoms with Gasteiger partial charge in [0.1, 0.15) is 70.3 Å². The summed E-state index contributed by atoms with van der Waals surface area (Å²) in [5.74, 6) is -10.4. The largest absolute Gasteiger partial charge is 0.426 e. The van der Waals surface area contributed by atoms with E-state index in [1.54, 1.807) is 0 Å². The molecule has 0 saturated heterocycles. The summed E-state index contributed by atoms with van der Waals surface area (Å²) in [6.07, 6.45) is -0.945.